The minimum atomic E-state index is -0.569. The molecule has 0 bridgehead atoms. The van der Waals surface area contributed by atoms with Crippen molar-refractivity contribution >= 4 is 17.3 Å². The number of hydrogen-bond donors (Lipinski definition) is 0. The van der Waals surface area contributed by atoms with Crippen LogP contribution >= 0.6 is 11.3 Å². The molecule has 0 N–H and O–H groups in total. The molecule has 0 aromatic carbocycles. The Labute approximate surface area is 110 Å². The molecule has 1 aliphatic rings. The minimum absolute atomic E-state index is 0.155. The number of carbonyl (C=O) groups excluding carboxylic acids is 1. The molecule has 18 heavy (non-hydrogen) atoms. The Balaban J connectivity index is 1.94. The highest BCUT2D eigenvalue weighted by atomic mass is 32.1. The maximum absolute atomic E-state index is 11.8. The van der Waals surface area contributed by atoms with Crippen LogP contribution in [0.3, 0.4) is 0 Å². The van der Waals surface area contributed by atoms with Gasteiger partial charge in [0.15, 0.2) is 0 Å². The van der Waals surface area contributed by atoms with Crippen LogP contribution in [0.5, 0.6) is 0 Å². The summed E-state index contributed by atoms with van der Waals surface area (Å²) >= 11 is 1.41. The predicted molar refractivity (Wildman–Crippen MR) is 67.4 cm³/mol. The van der Waals surface area contributed by atoms with Crippen LogP contribution in [0.1, 0.15) is 27.4 Å². The van der Waals surface area contributed by atoms with Crippen LogP contribution in [0.15, 0.2) is 12.1 Å². The zero-order chi connectivity index (χ0) is 13.0. The Bertz CT molecular complexity index is 469. The Kier molecular flexibility index (Phi) is 4.00. The first kappa shape index (κ1) is 13.1. The number of nitrogens with zero attached hydrogens (tertiary/aromatic N) is 1. The summed E-state index contributed by atoms with van der Waals surface area (Å²) < 4.78 is 10.5. The lowest BCUT2D eigenvalue weighted by atomic mass is 9.83. The molecule has 0 amide bonds. The molecule has 2 rings (SSSR count). The molecule has 1 aromatic rings. The first-order chi connectivity index (χ1) is 8.65. The van der Waals surface area contributed by atoms with Crippen molar-refractivity contribution in [1.29, 1.82) is 5.26 Å². The standard InChI is InChI=1S/C13H15NO3S/c1-10-2-3-11(18-10)12(15)17-9-13(8-14)4-6-16-7-5-13/h2-3H,4-7,9H2,1H3. The van der Waals surface area contributed by atoms with E-state index in [-0.39, 0.29) is 12.6 Å². The molecular formula is C13H15NO3S. The fourth-order valence-electron chi connectivity index (χ4n) is 1.87. The van der Waals surface area contributed by atoms with Crippen molar-refractivity contribution in [2.75, 3.05) is 19.8 Å². The molecule has 1 fully saturated rings. The van der Waals surface area contributed by atoms with Crippen molar-refractivity contribution in [1.82, 2.24) is 0 Å². The maximum Gasteiger partial charge on any atom is 0.348 e. The zero-order valence-corrected chi connectivity index (χ0v) is 11.1. The summed E-state index contributed by atoms with van der Waals surface area (Å²) in [4.78, 5) is 13.5. The van der Waals surface area contributed by atoms with Crippen LogP contribution in [0.25, 0.3) is 0 Å². The first-order valence-corrected chi connectivity index (χ1v) is 6.69. The van der Waals surface area contributed by atoms with E-state index in [1.54, 1.807) is 6.07 Å². The van der Waals surface area contributed by atoms with Crippen molar-refractivity contribution in [3.05, 3.63) is 21.9 Å². The Hall–Kier alpha value is -1.38. The van der Waals surface area contributed by atoms with E-state index in [1.165, 1.54) is 11.3 Å². The number of thiophene rings is 1. The molecule has 0 radical (unpaired) electrons. The molecule has 96 valence electrons. The van der Waals surface area contributed by atoms with Crippen molar-refractivity contribution in [3.8, 4) is 6.07 Å². The molecule has 1 aromatic heterocycles. The van der Waals surface area contributed by atoms with Crippen LogP contribution in [0, 0.1) is 23.7 Å². The molecule has 0 saturated carbocycles. The highest BCUT2D eigenvalue weighted by Crippen LogP contribution is 2.30. The van der Waals surface area contributed by atoms with E-state index < -0.39 is 5.41 Å². The van der Waals surface area contributed by atoms with E-state index in [9.17, 15) is 10.1 Å². The fourth-order valence-corrected chi connectivity index (χ4v) is 2.63. The number of aryl methyl sites for hydroxylation is 1. The molecule has 4 nitrogen and oxygen atoms in total. The lowest BCUT2D eigenvalue weighted by molar-refractivity contribution is -0.00441. The smallest absolute Gasteiger partial charge is 0.348 e. The Morgan fingerprint density at radius 2 is 2.28 bits per heavy atom. The van der Waals surface area contributed by atoms with Crippen LogP contribution in [-0.2, 0) is 9.47 Å². The zero-order valence-electron chi connectivity index (χ0n) is 10.3. The maximum atomic E-state index is 11.8. The summed E-state index contributed by atoms with van der Waals surface area (Å²) in [5.74, 6) is -0.339. The highest BCUT2D eigenvalue weighted by molar-refractivity contribution is 7.13. The van der Waals surface area contributed by atoms with Crippen molar-refractivity contribution in [3.63, 3.8) is 0 Å². The van der Waals surface area contributed by atoms with Gasteiger partial charge >= 0.3 is 5.97 Å². The third kappa shape index (κ3) is 2.89. The summed E-state index contributed by atoms with van der Waals surface area (Å²) in [7, 11) is 0. The van der Waals surface area contributed by atoms with Gasteiger partial charge in [-0.2, -0.15) is 5.26 Å². The largest absolute Gasteiger partial charge is 0.460 e. The SMILES string of the molecule is Cc1ccc(C(=O)OCC2(C#N)CCOCC2)s1. The average molecular weight is 265 g/mol. The lowest BCUT2D eigenvalue weighted by Crippen LogP contribution is -2.33. The number of rotatable bonds is 3. The van der Waals surface area contributed by atoms with E-state index in [0.29, 0.717) is 30.9 Å². The second-order valence-corrected chi connectivity index (χ2v) is 5.78. The molecule has 1 aliphatic heterocycles. The number of ether oxygens (including phenoxy) is 2. The number of carbonyl (C=O) groups is 1. The van der Waals surface area contributed by atoms with Gasteiger partial charge in [-0.15, -0.1) is 11.3 Å². The van der Waals surface area contributed by atoms with Crippen LogP contribution in [0.4, 0.5) is 0 Å². The molecular weight excluding hydrogens is 250 g/mol. The molecule has 2 heterocycles. The number of esters is 1. The monoisotopic (exact) mass is 265 g/mol. The van der Waals surface area contributed by atoms with Gasteiger partial charge in [0, 0.05) is 18.1 Å². The van der Waals surface area contributed by atoms with Crippen LogP contribution < -0.4 is 0 Å². The first-order valence-electron chi connectivity index (χ1n) is 5.88. The third-order valence-corrected chi connectivity index (χ3v) is 4.09. The molecule has 5 heteroatoms. The van der Waals surface area contributed by atoms with Gasteiger partial charge in [-0.1, -0.05) is 0 Å². The fraction of sp³-hybridized carbons (Fsp3) is 0.538. The van der Waals surface area contributed by atoms with E-state index in [1.807, 2.05) is 13.0 Å². The van der Waals surface area contributed by atoms with E-state index in [0.717, 1.165) is 4.88 Å². The van der Waals surface area contributed by atoms with Crippen molar-refractivity contribution in [2.45, 2.75) is 19.8 Å². The predicted octanol–water partition coefficient (Wildman–Crippen LogP) is 2.53. The average Bonchev–Trinajstić information content (AvgIpc) is 2.84. The Morgan fingerprint density at radius 1 is 1.56 bits per heavy atom. The third-order valence-electron chi connectivity index (χ3n) is 3.11. The van der Waals surface area contributed by atoms with Gasteiger partial charge in [0.05, 0.1) is 11.5 Å². The lowest BCUT2D eigenvalue weighted by Gasteiger charge is -2.29. The Morgan fingerprint density at radius 3 is 2.83 bits per heavy atom. The summed E-state index contributed by atoms with van der Waals surface area (Å²) in [5.41, 5.74) is -0.569. The molecule has 0 unspecified atom stereocenters. The quantitative estimate of drug-likeness (QED) is 0.788. The van der Waals surface area contributed by atoms with Crippen LogP contribution in [-0.4, -0.2) is 25.8 Å². The second kappa shape index (κ2) is 5.51. The second-order valence-electron chi connectivity index (χ2n) is 4.49. The van der Waals surface area contributed by atoms with Gasteiger partial charge in [-0.05, 0) is 31.9 Å². The van der Waals surface area contributed by atoms with Gasteiger partial charge in [0.2, 0.25) is 0 Å². The highest BCUT2D eigenvalue weighted by Gasteiger charge is 2.34. The molecule has 0 atom stereocenters. The number of nitriles is 1. The summed E-state index contributed by atoms with van der Waals surface area (Å²) in [6.45, 7) is 3.21. The minimum Gasteiger partial charge on any atom is -0.460 e. The normalized spacial score (nSPS) is 18.0. The van der Waals surface area contributed by atoms with Gasteiger partial charge < -0.3 is 9.47 Å². The van der Waals surface area contributed by atoms with Crippen molar-refractivity contribution in [2.24, 2.45) is 5.41 Å². The molecule has 0 spiro atoms. The van der Waals surface area contributed by atoms with Crippen LogP contribution in [0.2, 0.25) is 0 Å². The van der Waals surface area contributed by atoms with Crippen molar-refractivity contribution < 1.29 is 14.3 Å². The van der Waals surface area contributed by atoms with Gasteiger partial charge in [0.25, 0.3) is 0 Å². The van der Waals surface area contributed by atoms with Gasteiger partial charge in [0.1, 0.15) is 11.5 Å². The van der Waals surface area contributed by atoms with E-state index in [4.69, 9.17) is 9.47 Å². The van der Waals surface area contributed by atoms with E-state index in [2.05, 4.69) is 6.07 Å². The van der Waals surface area contributed by atoms with E-state index >= 15 is 0 Å². The summed E-state index contributed by atoms with van der Waals surface area (Å²) in [6.07, 6.45) is 1.25. The topological polar surface area (TPSA) is 59.3 Å². The summed E-state index contributed by atoms with van der Waals surface area (Å²) in [5, 5.41) is 9.23. The van der Waals surface area contributed by atoms with Gasteiger partial charge in [-0.3, -0.25) is 0 Å². The molecule has 0 aliphatic carbocycles. The summed E-state index contributed by atoms with van der Waals surface area (Å²) in [6, 6.07) is 5.92. The molecule has 1 saturated heterocycles. The van der Waals surface area contributed by atoms with Gasteiger partial charge in [-0.25, -0.2) is 4.79 Å². The number of hydrogen-bond acceptors (Lipinski definition) is 5.